The minimum absolute atomic E-state index is 0.432. The molecule has 0 fully saturated rings. The van der Waals surface area contributed by atoms with Crippen molar-refractivity contribution in [2.45, 2.75) is 20.5 Å². The van der Waals surface area contributed by atoms with E-state index in [1.165, 1.54) is 5.56 Å². The van der Waals surface area contributed by atoms with Crippen molar-refractivity contribution in [2.75, 3.05) is 0 Å². The van der Waals surface area contributed by atoms with E-state index in [0.717, 1.165) is 11.1 Å². The Balaban J connectivity index is 2.14. The third kappa shape index (κ3) is 3.13. The average Bonchev–Trinajstić information content (AvgIpc) is 2.39. The Hall–Kier alpha value is -2.29. The van der Waals surface area contributed by atoms with Crippen molar-refractivity contribution in [3.05, 3.63) is 64.7 Å². The van der Waals surface area contributed by atoms with Crippen molar-refractivity contribution >= 4 is 5.91 Å². The van der Waals surface area contributed by atoms with Gasteiger partial charge in [0.25, 0.3) is 0 Å². The summed E-state index contributed by atoms with van der Waals surface area (Å²) in [7, 11) is 0. The number of aryl methyl sites for hydroxylation is 2. The quantitative estimate of drug-likeness (QED) is 0.913. The van der Waals surface area contributed by atoms with Crippen LogP contribution in [0.2, 0.25) is 0 Å². The molecular weight excluding hydrogens is 238 g/mol. The molecule has 98 valence electrons. The van der Waals surface area contributed by atoms with Gasteiger partial charge in [-0.05, 0) is 42.7 Å². The van der Waals surface area contributed by atoms with Gasteiger partial charge in [0.05, 0.1) is 0 Å². The first kappa shape index (κ1) is 13.1. The summed E-state index contributed by atoms with van der Waals surface area (Å²) in [5.41, 5.74) is 8.99. The summed E-state index contributed by atoms with van der Waals surface area (Å²) in [4.78, 5) is 11.3. The van der Waals surface area contributed by atoms with Gasteiger partial charge in [-0.3, -0.25) is 4.79 Å². The fourth-order valence-electron chi connectivity index (χ4n) is 1.89. The Morgan fingerprint density at radius 3 is 2.53 bits per heavy atom. The zero-order valence-electron chi connectivity index (χ0n) is 11.1. The molecule has 1 amide bonds. The molecule has 0 spiro atoms. The van der Waals surface area contributed by atoms with E-state index in [-0.39, 0.29) is 0 Å². The highest BCUT2D eigenvalue weighted by atomic mass is 16.5. The summed E-state index contributed by atoms with van der Waals surface area (Å²) < 4.78 is 5.71. The fourth-order valence-corrected chi connectivity index (χ4v) is 1.89. The van der Waals surface area contributed by atoms with E-state index in [0.29, 0.717) is 17.9 Å². The smallest absolute Gasteiger partial charge is 0.249 e. The van der Waals surface area contributed by atoms with E-state index in [1.807, 2.05) is 50.2 Å². The molecule has 0 unspecified atom stereocenters. The van der Waals surface area contributed by atoms with E-state index in [4.69, 9.17) is 10.5 Å². The Bertz CT molecular complexity index is 605. The zero-order valence-corrected chi connectivity index (χ0v) is 11.1. The number of rotatable bonds is 4. The van der Waals surface area contributed by atoms with Crippen LogP contribution in [-0.2, 0) is 6.61 Å². The van der Waals surface area contributed by atoms with Crippen molar-refractivity contribution in [1.29, 1.82) is 0 Å². The van der Waals surface area contributed by atoms with E-state index in [2.05, 4.69) is 0 Å². The van der Waals surface area contributed by atoms with Gasteiger partial charge < -0.3 is 10.5 Å². The molecule has 0 saturated heterocycles. The van der Waals surface area contributed by atoms with Crippen molar-refractivity contribution < 1.29 is 9.53 Å². The number of ether oxygens (including phenoxy) is 1. The predicted octanol–water partition coefficient (Wildman–Crippen LogP) is 2.98. The molecule has 0 aromatic heterocycles. The maximum atomic E-state index is 11.3. The van der Waals surface area contributed by atoms with E-state index >= 15 is 0 Å². The Morgan fingerprint density at radius 2 is 1.84 bits per heavy atom. The van der Waals surface area contributed by atoms with Gasteiger partial charge in [0, 0.05) is 5.56 Å². The van der Waals surface area contributed by atoms with Gasteiger partial charge >= 0.3 is 0 Å². The number of hydrogen-bond acceptors (Lipinski definition) is 2. The van der Waals surface area contributed by atoms with Crippen molar-refractivity contribution in [3.63, 3.8) is 0 Å². The van der Waals surface area contributed by atoms with Crippen molar-refractivity contribution in [2.24, 2.45) is 5.73 Å². The molecule has 2 rings (SSSR count). The van der Waals surface area contributed by atoms with Gasteiger partial charge in [-0.1, -0.05) is 30.3 Å². The van der Waals surface area contributed by atoms with Gasteiger partial charge in [0.2, 0.25) is 5.91 Å². The lowest BCUT2D eigenvalue weighted by atomic mass is 10.1. The number of amides is 1. The standard InChI is InChI=1S/C16H17NO2/c1-11-5-3-4-6-13(11)10-19-14-8-7-12(2)15(9-14)16(17)18/h3-9H,10H2,1-2H3,(H2,17,18). The second kappa shape index (κ2) is 5.57. The van der Waals surface area contributed by atoms with Gasteiger partial charge in [0.15, 0.2) is 0 Å². The van der Waals surface area contributed by atoms with Crippen molar-refractivity contribution in [3.8, 4) is 5.75 Å². The number of carbonyl (C=O) groups is 1. The monoisotopic (exact) mass is 255 g/mol. The van der Waals surface area contributed by atoms with Gasteiger partial charge in [-0.25, -0.2) is 0 Å². The maximum absolute atomic E-state index is 11.3. The third-order valence-corrected chi connectivity index (χ3v) is 3.13. The topological polar surface area (TPSA) is 52.3 Å². The molecule has 0 saturated carbocycles. The molecule has 0 atom stereocenters. The first-order chi connectivity index (χ1) is 9.08. The van der Waals surface area contributed by atoms with Crippen LogP contribution in [0.15, 0.2) is 42.5 Å². The lowest BCUT2D eigenvalue weighted by Gasteiger charge is -2.10. The summed E-state index contributed by atoms with van der Waals surface area (Å²) >= 11 is 0. The molecule has 2 N–H and O–H groups in total. The highest BCUT2D eigenvalue weighted by Crippen LogP contribution is 2.19. The predicted molar refractivity (Wildman–Crippen MR) is 75.2 cm³/mol. The molecular formula is C16H17NO2. The maximum Gasteiger partial charge on any atom is 0.249 e. The SMILES string of the molecule is Cc1ccccc1COc1ccc(C)c(C(N)=O)c1. The molecule has 3 heteroatoms. The lowest BCUT2D eigenvalue weighted by molar-refractivity contribution is 0.0999. The molecule has 2 aromatic rings. The second-order valence-electron chi connectivity index (χ2n) is 4.56. The van der Waals surface area contributed by atoms with Crippen LogP contribution in [0.25, 0.3) is 0 Å². The third-order valence-electron chi connectivity index (χ3n) is 3.13. The summed E-state index contributed by atoms with van der Waals surface area (Å²) in [6, 6.07) is 13.4. The van der Waals surface area contributed by atoms with Crippen LogP contribution in [0.5, 0.6) is 5.75 Å². The van der Waals surface area contributed by atoms with Crippen LogP contribution < -0.4 is 10.5 Å². The van der Waals surface area contributed by atoms with Crippen molar-refractivity contribution in [1.82, 2.24) is 0 Å². The van der Waals surface area contributed by atoms with Crippen LogP contribution in [0.4, 0.5) is 0 Å². The van der Waals surface area contributed by atoms with E-state index < -0.39 is 5.91 Å². The largest absolute Gasteiger partial charge is 0.489 e. The molecule has 0 aliphatic carbocycles. The number of benzene rings is 2. The first-order valence-electron chi connectivity index (χ1n) is 6.15. The van der Waals surface area contributed by atoms with Crippen LogP contribution in [-0.4, -0.2) is 5.91 Å². The molecule has 0 aliphatic rings. The fraction of sp³-hybridized carbons (Fsp3) is 0.188. The van der Waals surface area contributed by atoms with E-state index in [1.54, 1.807) is 6.07 Å². The molecule has 19 heavy (non-hydrogen) atoms. The summed E-state index contributed by atoms with van der Waals surface area (Å²) in [5.74, 6) is 0.224. The minimum Gasteiger partial charge on any atom is -0.489 e. The Morgan fingerprint density at radius 1 is 1.11 bits per heavy atom. The molecule has 0 bridgehead atoms. The first-order valence-corrected chi connectivity index (χ1v) is 6.15. The minimum atomic E-state index is -0.432. The Kier molecular flexibility index (Phi) is 3.85. The summed E-state index contributed by atoms with van der Waals surface area (Å²) in [6.07, 6.45) is 0. The van der Waals surface area contributed by atoms with Gasteiger partial charge in [-0.2, -0.15) is 0 Å². The lowest BCUT2D eigenvalue weighted by Crippen LogP contribution is -2.12. The molecule has 0 heterocycles. The number of hydrogen-bond donors (Lipinski definition) is 1. The molecule has 2 aromatic carbocycles. The number of primary amides is 1. The van der Waals surface area contributed by atoms with Gasteiger partial charge in [0.1, 0.15) is 12.4 Å². The normalized spacial score (nSPS) is 10.2. The number of nitrogens with two attached hydrogens (primary N) is 1. The zero-order chi connectivity index (χ0) is 13.8. The summed E-state index contributed by atoms with van der Waals surface area (Å²) in [5, 5.41) is 0. The highest BCUT2D eigenvalue weighted by molar-refractivity contribution is 5.94. The van der Waals surface area contributed by atoms with Gasteiger partial charge in [-0.15, -0.1) is 0 Å². The van der Waals surface area contributed by atoms with Crippen LogP contribution in [0.3, 0.4) is 0 Å². The molecule has 0 aliphatic heterocycles. The van der Waals surface area contributed by atoms with Crippen LogP contribution >= 0.6 is 0 Å². The number of carbonyl (C=O) groups excluding carboxylic acids is 1. The molecule has 3 nitrogen and oxygen atoms in total. The Labute approximate surface area is 113 Å². The summed E-state index contributed by atoms with van der Waals surface area (Å²) in [6.45, 7) is 4.38. The van der Waals surface area contributed by atoms with Crippen LogP contribution in [0.1, 0.15) is 27.0 Å². The second-order valence-corrected chi connectivity index (χ2v) is 4.56. The molecule has 0 radical (unpaired) electrons. The van der Waals surface area contributed by atoms with Crippen LogP contribution in [0, 0.1) is 13.8 Å². The van der Waals surface area contributed by atoms with E-state index in [9.17, 15) is 4.79 Å². The average molecular weight is 255 g/mol. The highest BCUT2D eigenvalue weighted by Gasteiger charge is 2.07.